The van der Waals surface area contributed by atoms with Gasteiger partial charge in [0.05, 0.1) is 19.3 Å². The van der Waals surface area contributed by atoms with Crippen molar-refractivity contribution < 1.29 is 19.1 Å². The Bertz CT molecular complexity index is 541. The number of primary amides is 1. The molecular weight excluding hydrogens is 376 g/mol. The summed E-state index contributed by atoms with van der Waals surface area (Å²) in [5.41, 5.74) is 5.61. The van der Waals surface area contributed by atoms with E-state index in [0.29, 0.717) is 13.0 Å². The van der Waals surface area contributed by atoms with Gasteiger partial charge in [0.15, 0.2) is 0 Å². The van der Waals surface area contributed by atoms with Gasteiger partial charge in [-0.15, -0.1) is 0 Å². The van der Waals surface area contributed by atoms with E-state index in [4.69, 9.17) is 15.2 Å². The second kappa shape index (κ2) is 9.64. The molecule has 1 atom stereocenters. The molecule has 2 amide bonds. The summed E-state index contributed by atoms with van der Waals surface area (Å²) in [5, 5.41) is 2.72. The van der Waals surface area contributed by atoms with Crippen LogP contribution in [0.3, 0.4) is 0 Å². The van der Waals surface area contributed by atoms with Crippen molar-refractivity contribution in [3.63, 3.8) is 0 Å². The molecular formula is C17H25BrN2O4. The first-order valence-electron chi connectivity index (χ1n) is 7.76. The molecule has 0 aliphatic heterocycles. The lowest BCUT2D eigenvalue weighted by atomic mass is 10.1. The zero-order valence-electron chi connectivity index (χ0n) is 14.3. The van der Waals surface area contributed by atoms with Crippen LogP contribution in [0.1, 0.15) is 39.2 Å². The predicted molar refractivity (Wildman–Crippen MR) is 95.4 cm³/mol. The van der Waals surface area contributed by atoms with Crippen LogP contribution < -0.4 is 11.1 Å². The van der Waals surface area contributed by atoms with Gasteiger partial charge in [-0.2, -0.15) is 0 Å². The Balaban J connectivity index is 2.50. The van der Waals surface area contributed by atoms with Crippen molar-refractivity contribution in [3.8, 4) is 0 Å². The number of nitrogens with two attached hydrogens (primary N) is 1. The van der Waals surface area contributed by atoms with Gasteiger partial charge in [-0.1, -0.05) is 28.1 Å². The van der Waals surface area contributed by atoms with Crippen molar-refractivity contribution >= 4 is 27.9 Å². The lowest BCUT2D eigenvalue weighted by molar-refractivity contribution is -0.118. The molecule has 6 nitrogen and oxygen atoms in total. The number of alkyl carbamates (subject to hydrolysis) is 1. The van der Waals surface area contributed by atoms with Gasteiger partial charge in [-0.25, -0.2) is 4.79 Å². The standard InChI is InChI=1S/C17H25BrN2O4/c1-17(2,3)24-16(22)20-14(8-9-15(19)21)11-23-10-12-4-6-13(18)7-5-12/h4-7,14H,8-11H2,1-3H3,(H2,19,21)(H,20,22)/t14-/m0/s1. The first-order valence-corrected chi connectivity index (χ1v) is 8.55. The summed E-state index contributed by atoms with van der Waals surface area (Å²) in [5.74, 6) is -0.418. The zero-order valence-corrected chi connectivity index (χ0v) is 15.9. The van der Waals surface area contributed by atoms with E-state index in [-0.39, 0.29) is 19.1 Å². The minimum Gasteiger partial charge on any atom is -0.444 e. The molecule has 0 saturated carbocycles. The molecule has 1 aromatic rings. The maximum Gasteiger partial charge on any atom is 0.407 e. The average Bonchev–Trinajstić information content (AvgIpc) is 2.44. The molecule has 1 aromatic carbocycles. The van der Waals surface area contributed by atoms with E-state index in [1.807, 2.05) is 24.3 Å². The van der Waals surface area contributed by atoms with Crippen LogP contribution in [0.4, 0.5) is 4.79 Å². The third-order valence-electron chi connectivity index (χ3n) is 2.96. The van der Waals surface area contributed by atoms with Gasteiger partial charge < -0.3 is 20.5 Å². The van der Waals surface area contributed by atoms with Crippen LogP contribution in [0, 0.1) is 0 Å². The van der Waals surface area contributed by atoms with Crippen LogP contribution in [-0.4, -0.2) is 30.3 Å². The minimum atomic E-state index is -0.587. The molecule has 3 N–H and O–H groups in total. The van der Waals surface area contributed by atoms with Gasteiger partial charge in [0.25, 0.3) is 0 Å². The van der Waals surface area contributed by atoms with Crippen LogP contribution in [-0.2, 0) is 20.9 Å². The highest BCUT2D eigenvalue weighted by Gasteiger charge is 2.20. The number of hydrogen-bond donors (Lipinski definition) is 2. The highest BCUT2D eigenvalue weighted by molar-refractivity contribution is 9.10. The SMILES string of the molecule is CC(C)(C)OC(=O)N[C@@H](CCC(N)=O)COCc1ccc(Br)cc1. The fourth-order valence-corrected chi connectivity index (χ4v) is 2.15. The molecule has 0 aliphatic carbocycles. The lowest BCUT2D eigenvalue weighted by Gasteiger charge is -2.23. The molecule has 0 spiro atoms. The average molecular weight is 401 g/mol. The van der Waals surface area contributed by atoms with E-state index in [2.05, 4.69) is 21.2 Å². The summed E-state index contributed by atoms with van der Waals surface area (Å²) in [6.07, 6.45) is 0.0287. The van der Waals surface area contributed by atoms with Gasteiger partial charge in [0.1, 0.15) is 5.60 Å². The number of halogens is 1. The molecule has 134 valence electrons. The number of carbonyl (C=O) groups is 2. The number of hydrogen-bond acceptors (Lipinski definition) is 4. The van der Waals surface area contributed by atoms with Crippen LogP contribution >= 0.6 is 15.9 Å². The van der Waals surface area contributed by atoms with E-state index in [9.17, 15) is 9.59 Å². The van der Waals surface area contributed by atoms with Gasteiger partial charge in [0, 0.05) is 10.9 Å². The zero-order chi connectivity index (χ0) is 18.2. The third-order valence-corrected chi connectivity index (χ3v) is 3.49. The van der Waals surface area contributed by atoms with Gasteiger partial charge in [-0.3, -0.25) is 4.79 Å². The topological polar surface area (TPSA) is 90.6 Å². The van der Waals surface area contributed by atoms with Crippen LogP contribution in [0.5, 0.6) is 0 Å². The number of rotatable bonds is 8. The molecule has 0 radical (unpaired) electrons. The summed E-state index contributed by atoms with van der Waals surface area (Å²) in [6, 6.07) is 7.42. The van der Waals surface area contributed by atoms with E-state index in [0.717, 1.165) is 10.0 Å². The van der Waals surface area contributed by atoms with Gasteiger partial charge >= 0.3 is 6.09 Å². The molecule has 0 aromatic heterocycles. The monoisotopic (exact) mass is 400 g/mol. The predicted octanol–water partition coefficient (Wildman–Crippen LogP) is 3.12. The normalized spacial score (nSPS) is 12.5. The van der Waals surface area contributed by atoms with Crippen molar-refractivity contribution in [2.75, 3.05) is 6.61 Å². The quantitative estimate of drug-likeness (QED) is 0.700. The molecule has 0 heterocycles. The molecule has 0 unspecified atom stereocenters. The number of ether oxygens (including phenoxy) is 2. The first kappa shape index (κ1) is 20.4. The summed E-state index contributed by atoms with van der Waals surface area (Å²) in [4.78, 5) is 22.9. The summed E-state index contributed by atoms with van der Waals surface area (Å²) in [6.45, 7) is 6.04. The highest BCUT2D eigenvalue weighted by Crippen LogP contribution is 2.12. The van der Waals surface area contributed by atoms with Crippen molar-refractivity contribution in [2.45, 2.75) is 51.9 Å². The summed E-state index contributed by atoms with van der Waals surface area (Å²) >= 11 is 3.38. The fraction of sp³-hybridized carbons (Fsp3) is 0.529. The van der Waals surface area contributed by atoms with Crippen molar-refractivity contribution in [1.82, 2.24) is 5.32 Å². The van der Waals surface area contributed by atoms with Crippen LogP contribution in [0.2, 0.25) is 0 Å². The Morgan fingerprint density at radius 3 is 2.42 bits per heavy atom. The Morgan fingerprint density at radius 1 is 1.25 bits per heavy atom. The molecule has 24 heavy (non-hydrogen) atoms. The number of benzene rings is 1. The van der Waals surface area contributed by atoms with Gasteiger partial charge in [-0.05, 0) is 44.9 Å². The van der Waals surface area contributed by atoms with E-state index >= 15 is 0 Å². The Morgan fingerprint density at radius 2 is 1.88 bits per heavy atom. The molecule has 0 bridgehead atoms. The number of nitrogens with one attached hydrogen (secondary N) is 1. The molecule has 7 heteroatoms. The maximum absolute atomic E-state index is 11.9. The molecule has 1 rings (SSSR count). The molecule has 0 aliphatic rings. The van der Waals surface area contributed by atoms with Crippen molar-refractivity contribution in [1.29, 1.82) is 0 Å². The summed E-state index contributed by atoms with van der Waals surface area (Å²) < 4.78 is 11.9. The summed E-state index contributed by atoms with van der Waals surface area (Å²) in [7, 11) is 0. The van der Waals surface area contributed by atoms with Crippen molar-refractivity contribution in [2.24, 2.45) is 5.73 Å². The third kappa shape index (κ3) is 9.52. The first-order chi connectivity index (χ1) is 11.2. The van der Waals surface area contributed by atoms with E-state index < -0.39 is 17.6 Å². The second-order valence-electron chi connectivity index (χ2n) is 6.49. The maximum atomic E-state index is 11.9. The number of carbonyl (C=O) groups excluding carboxylic acids is 2. The Hall–Kier alpha value is -1.60. The minimum absolute atomic E-state index is 0.169. The fourth-order valence-electron chi connectivity index (χ4n) is 1.89. The van der Waals surface area contributed by atoms with Crippen molar-refractivity contribution in [3.05, 3.63) is 34.3 Å². The van der Waals surface area contributed by atoms with Crippen LogP contribution in [0.25, 0.3) is 0 Å². The van der Waals surface area contributed by atoms with Crippen LogP contribution in [0.15, 0.2) is 28.7 Å². The van der Waals surface area contributed by atoms with Gasteiger partial charge in [0.2, 0.25) is 5.91 Å². The largest absolute Gasteiger partial charge is 0.444 e. The van der Waals surface area contributed by atoms with E-state index in [1.165, 1.54) is 0 Å². The lowest BCUT2D eigenvalue weighted by Crippen LogP contribution is -2.42. The second-order valence-corrected chi connectivity index (χ2v) is 7.41. The smallest absolute Gasteiger partial charge is 0.407 e. The Kier molecular flexibility index (Phi) is 8.21. The molecule has 0 saturated heterocycles. The Labute approximate surface area is 151 Å². The number of amides is 2. The highest BCUT2D eigenvalue weighted by atomic mass is 79.9. The molecule has 0 fully saturated rings. The van der Waals surface area contributed by atoms with E-state index in [1.54, 1.807) is 20.8 Å².